The van der Waals surface area contributed by atoms with Gasteiger partial charge in [-0.3, -0.25) is 4.79 Å². The van der Waals surface area contributed by atoms with Crippen molar-refractivity contribution in [3.63, 3.8) is 0 Å². The van der Waals surface area contributed by atoms with E-state index in [0.717, 1.165) is 24.0 Å². The number of amides is 1. The predicted octanol–water partition coefficient (Wildman–Crippen LogP) is 3.25. The third-order valence-electron chi connectivity index (χ3n) is 6.50. The first-order valence-electron chi connectivity index (χ1n) is 12.8. The fourth-order valence-electron chi connectivity index (χ4n) is 4.28. The summed E-state index contributed by atoms with van der Waals surface area (Å²) in [4.78, 5) is 12.6. The van der Waals surface area contributed by atoms with E-state index in [1.807, 2.05) is 30.3 Å². The van der Waals surface area contributed by atoms with Crippen molar-refractivity contribution >= 4 is 26.0 Å². The van der Waals surface area contributed by atoms with Gasteiger partial charge >= 0.3 is 0 Å². The quantitative estimate of drug-likeness (QED) is 0.344. The smallest absolute Gasteiger partial charge is 0.257 e. The second kappa shape index (κ2) is 12.7. The number of nitrogens with zero attached hydrogens (tertiary/aromatic N) is 1. The van der Waals surface area contributed by atoms with Gasteiger partial charge in [-0.25, -0.2) is 21.6 Å². The molecule has 0 radical (unpaired) electrons. The summed E-state index contributed by atoms with van der Waals surface area (Å²) in [6.45, 7) is 3.04. The lowest BCUT2D eigenvalue weighted by Gasteiger charge is -2.15. The monoisotopic (exact) mass is 571 g/mol. The Bertz CT molecular complexity index is 1450. The lowest BCUT2D eigenvalue weighted by atomic mass is 10.1. The van der Waals surface area contributed by atoms with Crippen LogP contribution in [0.15, 0.2) is 88.7 Å². The molecule has 0 saturated carbocycles. The topological polar surface area (TPSA) is 122 Å². The minimum absolute atomic E-state index is 0.0985. The van der Waals surface area contributed by atoms with Crippen LogP contribution in [-0.4, -0.2) is 53.3 Å². The highest BCUT2D eigenvalue weighted by atomic mass is 32.2. The fourth-order valence-corrected chi connectivity index (χ4v) is 7.03. The second-order valence-electron chi connectivity index (χ2n) is 9.37. The van der Waals surface area contributed by atoms with E-state index >= 15 is 0 Å². The van der Waals surface area contributed by atoms with Gasteiger partial charge in [-0.05, 0) is 73.7 Å². The summed E-state index contributed by atoms with van der Waals surface area (Å²) in [5, 5.41) is 2.77. The number of carbonyl (C=O) groups excluding carboxylic acids is 1. The van der Waals surface area contributed by atoms with Crippen molar-refractivity contribution in [3.8, 4) is 5.75 Å². The van der Waals surface area contributed by atoms with Crippen LogP contribution in [-0.2, 0) is 31.3 Å². The van der Waals surface area contributed by atoms with Gasteiger partial charge in [0.25, 0.3) is 5.91 Å². The lowest BCUT2D eigenvalue weighted by molar-refractivity contribution is -0.123. The molecule has 3 aromatic rings. The van der Waals surface area contributed by atoms with Gasteiger partial charge in [0.15, 0.2) is 6.61 Å². The van der Waals surface area contributed by atoms with E-state index < -0.39 is 26.1 Å². The van der Waals surface area contributed by atoms with Crippen LogP contribution in [0.4, 0.5) is 0 Å². The Morgan fingerprint density at radius 3 is 2.13 bits per heavy atom. The molecule has 1 fully saturated rings. The summed E-state index contributed by atoms with van der Waals surface area (Å²) in [7, 11) is -7.17. The van der Waals surface area contributed by atoms with Crippen LogP contribution in [0, 0.1) is 0 Å². The van der Waals surface area contributed by atoms with E-state index in [-0.39, 0.29) is 22.3 Å². The normalized spacial score (nSPS) is 15.1. The minimum atomic E-state index is -3.73. The molecule has 39 heavy (non-hydrogen) atoms. The maximum atomic E-state index is 12.7. The zero-order chi connectivity index (χ0) is 27.9. The molecule has 9 nitrogen and oxygen atoms in total. The Morgan fingerprint density at radius 1 is 0.872 bits per heavy atom. The molecule has 1 atom stereocenters. The summed E-state index contributed by atoms with van der Waals surface area (Å²) in [6.07, 6.45) is 2.32. The van der Waals surface area contributed by atoms with Crippen molar-refractivity contribution in [1.29, 1.82) is 0 Å². The molecule has 1 aliphatic rings. The summed E-state index contributed by atoms with van der Waals surface area (Å²) in [5.41, 5.74) is 1.76. The number of sulfonamides is 2. The Hall–Kier alpha value is -3.25. The molecule has 0 unspecified atom stereocenters. The van der Waals surface area contributed by atoms with E-state index in [0.29, 0.717) is 31.8 Å². The average molecular weight is 572 g/mol. The number of ether oxygens (including phenoxy) is 1. The fraction of sp³-hybridized carbons (Fsp3) is 0.321. The van der Waals surface area contributed by atoms with Crippen LogP contribution in [0.5, 0.6) is 5.75 Å². The van der Waals surface area contributed by atoms with Crippen LogP contribution in [0.25, 0.3) is 0 Å². The number of rotatable bonds is 12. The third kappa shape index (κ3) is 7.66. The first-order valence-corrected chi connectivity index (χ1v) is 15.7. The van der Waals surface area contributed by atoms with Gasteiger partial charge < -0.3 is 10.1 Å². The van der Waals surface area contributed by atoms with Crippen LogP contribution < -0.4 is 14.8 Å². The second-order valence-corrected chi connectivity index (χ2v) is 13.0. The van der Waals surface area contributed by atoms with E-state index in [4.69, 9.17) is 4.74 Å². The van der Waals surface area contributed by atoms with E-state index in [1.165, 1.54) is 28.6 Å². The molecule has 1 aliphatic heterocycles. The van der Waals surface area contributed by atoms with Crippen LogP contribution in [0.3, 0.4) is 0 Å². The average Bonchev–Trinajstić information content (AvgIpc) is 3.49. The first kappa shape index (κ1) is 28.8. The summed E-state index contributed by atoms with van der Waals surface area (Å²) in [6, 6.07) is 21.5. The third-order valence-corrected chi connectivity index (χ3v) is 9.97. The molecular weight excluding hydrogens is 538 g/mol. The molecular formula is C28H33N3O6S2. The van der Waals surface area contributed by atoms with Crippen molar-refractivity contribution in [2.75, 3.05) is 26.2 Å². The zero-order valence-corrected chi connectivity index (χ0v) is 23.4. The number of hydrogen-bond acceptors (Lipinski definition) is 6. The molecule has 2 N–H and O–H groups in total. The van der Waals surface area contributed by atoms with Crippen molar-refractivity contribution in [1.82, 2.24) is 14.3 Å². The molecule has 0 aliphatic carbocycles. The first-order chi connectivity index (χ1) is 18.6. The van der Waals surface area contributed by atoms with E-state index in [2.05, 4.69) is 10.0 Å². The maximum Gasteiger partial charge on any atom is 0.257 e. The largest absolute Gasteiger partial charge is 0.484 e. The SMILES string of the molecule is C[C@@H](NS(=O)(=O)c1ccc(OCC(=O)NCCc2ccc(S(=O)(=O)N3CCCC3)cc2)cc1)c1ccccc1. The van der Waals surface area contributed by atoms with E-state index in [1.54, 1.807) is 31.2 Å². The molecule has 0 bridgehead atoms. The molecule has 4 rings (SSSR count). The molecule has 11 heteroatoms. The van der Waals surface area contributed by atoms with Crippen molar-refractivity contribution in [2.45, 2.75) is 42.0 Å². The Kier molecular flexibility index (Phi) is 9.39. The molecule has 208 valence electrons. The van der Waals surface area contributed by atoms with Gasteiger partial charge in [-0.15, -0.1) is 0 Å². The van der Waals surface area contributed by atoms with E-state index in [9.17, 15) is 21.6 Å². The molecule has 1 amide bonds. The van der Waals surface area contributed by atoms with Crippen molar-refractivity contribution < 1.29 is 26.4 Å². The highest BCUT2D eigenvalue weighted by molar-refractivity contribution is 7.89. The number of hydrogen-bond donors (Lipinski definition) is 2. The minimum Gasteiger partial charge on any atom is -0.484 e. The molecule has 0 spiro atoms. The number of carbonyl (C=O) groups is 1. The standard InChI is InChI=1S/C28H33N3O6S2/c1-22(24-7-3-2-4-8-24)30-38(33,34)26-15-11-25(12-16-26)37-21-28(32)29-18-17-23-9-13-27(14-10-23)39(35,36)31-19-5-6-20-31/h2-4,7-16,22,30H,5-6,17-21H2,1H3,(H,29,32)/t22-/m1/s1. The predicted molar refractivity (Wildman–Crippen MR) is 148 cm³/mol. The van der Waals surface area contributed by atoms with Crippen LogP contribution in [0.1, 0.15) is 36.9 Å². The van der Waals surface area contributed by atoms with Gasteiger partial charge in [0, 0.05) is 25.7 Å². The van der Waals surface area contributed by atoms with Gasteiger partial charge in [0.2, 0.25) is 20.0 Å². The van der Waals surface area contributed by atoms with Gasteiger partial charge in [0.05, 0.1) is 9.79 Å². The Morgan fingerprint density at radius 2 is 1.49 bits per heavy atom. The van der Waals surface area contributed by atoms with Crippen LogP contribution >= 0.6 is 0 Å². The Labute approximate surface area is 230 Å². The van der Waals surface area contributed by atoms with Gasteiger partial charge in [0.1, 0.15) is 5.75 Å². The molecule has 1 heterocycles. The lowest BCUT2D eigenvalue weighted by Crippen LogP contribution is -2.30. The molecule has 1 saturated heterocycles. The summed E-state index contributed by atoms with van der Waals surface area (Å²) >= 11 is 0. The summed E-state index contributed by atoms with van der Waals surface area (Å²) < 4.78 is 60.3. The molecule has 0 aromatic heterocycles. The number of nitrogens with one attached hydrogen (secondary N) is 2. The van der Waals surface area contributed by atoms with Crippen molar-refractivity contribution in [3.05, 3.63) is 90.0 Å². The highest BCUT2D eigenvalue weighted by Crippen LogP contribution is 2.22. The van der Waals surface area contributed by atoms with Crippen molar-refractivity contribution in [2.24, 2.45) is 0 Å². The highest BCUT2D eigenvalue weighted by Gasteiger charge is 2.26. The summed E-state index contributed by atoms with van der Waals surface area (Å²) in [5.74, 6) is 0.0493. The van der Waals surface area contributed by atoms with Crippen LogP contribution in [0.2, 0.25) is 0 Å². The van der Waals surface area contributed by atoms with Gasteiger partial charge in [-0.1, -0.05) is 42.5 Å². The zero-order valence-electron chi connectivity index (χ0n) is 21.7. The number of benzene rings is 3. The molecule has 3 aromatic carbocycles. The Balaban J connectivity index is 1.21. The maximum absolute atomic E-state index is 12.7. The van der Waals surface area contributed by atoms with Gasteiger partial charge in [-0.2, -0.15) is 4.31 Å².